The molecular formula is C13H23N3O2. The first-order valence-corrected chi connectivity index (χ1v) is 7.00. The lowest BCUT2D eigenvalue weighted by Gasteiger charge is -2.26. The van der Waals surface area contributed by atoms with Crippen molar-refractivity contribution in [2.24, 2.45) is 5.73 Å². The standard InChI is InChI=1S/C13H23N3O2/c1-2-4-10(14)13(18)16-8-3-5-11(16)12(17)15-9-6-7-9/h9-11H,2-8,14H2,1H3,(H,15,17)/t10-,11?/m1/s1. The molecule has 2 rings (SSSR count). The molecule has 0 aromatic rings. The minimum Gasteiger partial charge on any atom is -0.352 e. The maximum Gasteiger partial charge on any atom is 0.243 e. The molecule has 5 heteroatoms. The molecule has 2 atom stereocenters. The Morgan fingerprint density at radius 1 is 1.39 bits per heavy atom. The first kappa shape index (κ1) is 13.3. The molecule has 1 aliphatic heterocycles. The zero-order valence-corrected chi connectivity index (χ0v) is 11.0. The molecule has 1 saturated carbocycles. The van der Waals surface area contributed by atoms with Crippen LogP contribution in [0, 0.1) is 0 Å². The second kappa shape index (κ2) is 5.69. The van der Waals surface area contributed by atoms with Crippen LogP contribution in [-0.2, 0) is 9.59 Å². The summed E-state index contributed by atoms with van der Waals surface area (Å²) in [6.07, 6.45) is 5.38. The maximum atomic E-state index is 12.2. The van der Waals surface area contributed by atoms with Crippen molar-refractivity contribution in [3.8, 4) is 0 Å². The zero-order valence-electron chi connectivity index (χ0n) is 11.0. The minimum atomic E-state index is -0.454. The Balaban J connectivity index is 1.93. The number of hydrogen-bond acceptors (Lipinski definition) is 3. The summed E-state index contributed by atoms with van der Waals surface area (Å²) >= 11 is 0. The number of nitrogens with zero attached hydrogens (tertiary/aromatic N) is 1. The Bertz CT molecular complexity index is 328. The molecule has 0 bridgehead atoms. The van der Waals surface area contributed by atoms with Crippen LogP contribution in [0.1, 0.15) is 45.4 Å². The van der Waals surface area contributed by atoms with Crippen molar-refractivity contribution >= 4 is 11.8 Å². The van der Waals surface area contributed by atoms with E-state index in [4.69, 9.17) is 5.73 Å². The van der Waals surface area contributed by atoms with Gasteiger partial charge < -0.3 is 16.0 Å². The largest absolute Gasteiger partial charge is 0.352 e. The number of likely N-dealkylation sites (tertiary alicyclic amines) is 1. The van der Waals surface area contributed by atoms with E-state index in [-0.39, 0.29) is 17.9 Å². The number of hydrogen-bond donors (Lipinski definition) is 2. The molecule has 2 amide bonds. The lowest BCUT2D eigenvalue weighted by atomic mass is 10.1. The minimum absolute atomic E-state index is 0.00653. The molecule has 1 unspecified atom stereocenters. The van der Waals surface area contributed by atoms with Gasteiger partial charge in [0.2, 0.25) is 11.8 Å². The summed E-state index contributed by atoms with van der Waals surface area (Å²) in [5.41, 5.74) is 5.86. The lowest BCUT2D eigenvalue weighted by Crippen LogP contribution is -2.51. The van der Waals surface area contributed by atoms with E-state index in [9.17, 15) is 9.59 Å². The highest BCUT2D eigenvalue weighted by Gasteiger charge is 2.37. The van der Waals surface area contributed by atoms with Crippen molar-refractivity contribution in [2.75, 3.05) is 6.54 Å². The molecule has 0 aromatic carbocycles. The van der Waals surface area contributed by atoms with Crippen LogP contribution in [0.5, 0.6) is 0 Å². The molecule has 1 aliphatic carbocycles. The smallest absolute Gasteiger partial charge is 0.243 e. The monoisotopic (exact) mass is 253 g/mol. The third kappa shape index (κ3) is 3.02. The van der Waals surface area contributed by atoms with E-state index in [1.807, 2.05) is 6.92 Å². The van der Waals surface area contributed by atoms with E-state index in [0.717, 1.165) is 32.1 Å². The maximum absolute atomic E-state index is 12.2. The molecule has 102 valence electrons. The van der Waals surface area contributed by atoms with Crippen molar-refractivity contribution in [3.63, 3.8) is 0 Å². The van der Waals surface area contributed by atoms with Gasteiger partial charge in [-0.15, -0.1) is 0 Å². The lowest BCUT2D eigenvalue weighted by molar-refractivity contribution is -0.139. The predicted octanol–water partition coefficient (Wildman–Crippen LogP) is 0.383. The van der Waals surface area contributed by atoms with Gasteiger partial charge >= 0.3 is 0 Å². The Labute approximate surface area is 108 Å². The summed E-state index contributed by atoms with van der Waals surface area (Å²) in [5.74, 6) is -0.0580. The van der Waals surface area contributed by atoms with Crippen molar-refractivity contribution in [3.05, 3.63) is 0 Å². The number of nitrogens with one attached hydrogen (secondary N) is 1. The molecule has 3 N–H and O–H groups in total. The van der Waals surface area contributed by atoms with Gasteiger partial charge in [0.15, 0.2) is 0 Å². The van der Waals surface area contributed by atoms with Crippen LogP contribution in [-0.4, -0.2) is 41.4 Å². The zero-order chi connectivity index (χ0) is 13.1. The van der Waals surface area contributed by atoms with Crippen LogP contribution in [0.25, 0.3) is 0 Å². The Hall–Kier alpha value is -1.10. The Morgan fingerprint density at radius 3 is 2.72 bits per heavy atom. The second-order valence-corrected chi connectivity index (χ2v) is 5.37. The number of rotatable bonds is 5. The van der Waals surface area contributed by atoms with Gasteiger partial charge in [-0.3, -0.25) is 9.59 Å². The average molecular weight is 253 g/mol. The van der Waals surface area contributed by atoms with Crippen LogP contribution in [0.15, 0.2) is 0 Å². The molecular weight excluding hydrogens is 230 g/mol. The van der Waals surface area contributed by atoms with Crippen LogP contribution in [0.4, 0.5) is 0 Å². The molecule has 5 nitrogen and oxygen atoms in total. The van der Waals surface area contributed by atoms with Crippen molar-refractivity contribution in [1.82, 2.24) is 10.2 Å². The number of nitrogens with two attached hydrogens (primary N) is 1. The third-order valence-electron chi connectivity index (χ3n) is 3.68. The summed E-state index contributed by atoms with van der Waals surface area (Å²) < 4.78 is 0. The van der Waals surface area contributed by atoms with Gasteiger partial charge in [-0.25, -0.2) is 0 Å². The topological polar surface area (TPSA) is 75.4 Å². The van der Waals surface area contributed by atoms with E-state index >= 15 is 0 Å². The van der Waals surface area contributed by atoms with Crippen LogP contribution < -0.4 is 11.1 Å². The fourth-order valence-electron chi connectivity index (χ4n) is 2.48. The van der Waals surface area contributed by atoms with Crippen molar-refractivity contribution in [1.29, 1.82) is 0 Å². The molecule has 2 fully saturated rings. The predicted molar refractivity (Wildman–Crippen MR) is 68.8 cm³/mol. The summed E-state index contributed by atoms with van der Waals surface area (Å²) in [5, 5.41) is 2.98. The van der Waals surface area contributed by atoms with Gasteiger partial charge in [0.25, 0.3) is 0 Å². The van der Waals surface area contributed by atoms with Gasteiger partial charge in [-0.1, -0.05) is 13.3 Å². The molecule has 2 aliphatic rings. The van der Waals surface area contributed by atoms with Gasteiger partial charge in [0.1, 0.15) is 6.04 Å². The molecule has 1 heterocycles. The van der Waals surface area contributed by atoms with Crippen molar-refractivity contribution in [2.45, 2.75) is 63.6 Å². The molecule has 18 heavy (non-hydrogen) atoms. The number of carbonyl (C=O) groups excluding carboxylic acids is 2. The number of carbonyl (C=O) groups is 2. The molecule has 0 aromatic heterocycles. The second-order valence-electron chi connectivity index (χ2n) is 5.37. The summed E-state index contributed by atoms with van der Waals surface area (Å²) in [6.45, 7) is 2.67. The van der Waals surface area contributed by atoms with E-state index in [1.165, 1.54) is 0 Å². The van der Waals surface area contributed by atoms with Gasteiger partial charge in [-0.2, -0.15) is 0 Å². The van der Waals surface area contributed by atoms with E-state index in [1.54, 1.807) is 4.90 Å². The van der Waals surface area contributed by atoms with E-state index in [2.05, 4.69) is 5.32 Å². The summed E-state index contributed by atoms with van der Waals surface area (Å²) in [7, 11) is 0. The van der Waals surface area contributed by atoms with E-state index in [0.29, 0.717) is 19.0 Å². The Morgan fingerprint density at radius 2 is 2.11 bits per heavy atom. The quantitative estimate of drug-likeness (QED) is 0.744. The highest BCUT2D eigenvalue weighted by molar-refractivity contribution is 5.90. The first-order chi connectivity index (χ1) is 8.63. The summed E-state index contributed by atoms with van der Waals surface area (Å²) in [6, 6.07) is -0.398. The number of amides is 2. The SMILES string of the molecule is CCC[C@@H](N)C(=O)N1CCCC1C(=O)NC1CC1. The molecule has 1 saturated heterocycles. The van der Waals surface area contributed by atoms with Crippen LogP contribution in [0.3, 0.4) is 0 Å². The first-order valence-electron chi connectivity index (χ1n) is 7.00. The summed E-state index contributed by atoms with van der Waals surface area (Å²) in [4.78, 5) is 25.9. The van der Waals surface area contributed by atoms with E-state index < -0.39 is 6.04 Å². The highest BCUT2D eigenvalue weighted by atomic mass is 16.2. The van der Waals surface area contributed by atoms with Gasteiger partial charge in [-0.05, 0) is 32.1 Å². The fraction of sp³-hybridized carbons (Fsp3) is 0.846. The fourth-order valence-corrected chi connectivity index (χ4v) is 2.48. The highest BCUT2D eigenvalue weighted by Crippen LogP contribution is 2.23. The molecule has 0 spiro atoms. The van der Waals surface area contributed by atoms with Crippen LogP contribution >= 0.6 is 0 Å². The molecule has 0 radical (unpaired) electrons. The normalized spacial score (nSPS) is 25.0. The van der Waals surface area contributed by atoms with Gasteiger partial charge in [0, 0.05) is 12.6 Å². The van der Waals surface area contributed by atoms with Crippen molar-refractivity contribution < 1.29 is 9.59 Å². The average Bonchev–Trinajstić information content (AvgIpc) is 3.02. The Kier molecular flexibility index (Phi) is 4.22. The van der Waals surface area contributed by atoms with Crippen LogP contribution in [0.2, 0.25) is 0 Å². The van der Waals surface area contributed by atoms with Gasteiger partial charge in [0.05, 0.1) is 6.04 Å². The third-order valence-corrected chi connectivity index (χ3v) is 3.68.